The summed E-state index contributed by atoms with van der Waals surface area (Å²) in [5.41, 5.74) is 1.71. The summed E-state index contributed by atoms with van der Waals surface area (Å²) in [6, 6.07) is 12.0. The Bertz CT molecular complexity index is 816. The number of fused-ring (bicyclic) bond motifs is 1. The topological polar surface area (TPSA) is 65.1 Å². The Balaban J connectivity index is 1.64. The zero-order valence-corrected chi connectivity index (χ0v) is 14.9. The fourth-order valence-electron chi connectivity index (χ4n) is 2.55. The van der Waals surface area contributed by atoms with Gasteiger partial charge >= 0.3 is 5.97 Å². The van der Waals surface area contributed by atoms with E-state index in [1.165, 1.54) is 0 Å². The van der Waals surface area contributed by atoms with Crippen molar-refractivity contribution >= 4 is 17.4 Å². The van der Waals surface area contributed by atoms with E-state index in [4.69, 9.17) is 14.2 Å². The first-order valence-corrected chi connectivity index (χ1v) is 8.42. The molecule has 6 nitrogen and oxygen atoms in total. The van der Waals surface area contributed by atoms with Crippen LogP contribution in [0.15, 0.2) is 42.5 Å². The summed E-state index contributed by atoms with van der Waals surface area (Å²) in [5.74, 6) is 0.337. The molecule has 0 radical (unpaired) electrons. The molecule has 0 atom stereocenters. The molecule has 2 aromatic carbocycles. The van der Waals surface area contributed by atoms with Crippen molar-refractivity contribution in [3.63, 3.8) is 0 Å². The van der Waals surface area contributed by atoms with Gasteiger partial charge in [-0.15, -0.1) is 0 Å². The van der Waals surface area contributed by atoms with Crippen LogP contribution in [0.4, 0.5) is 5.69 Å². The summed E-state index contributed by atoms with van der Waals surface area (Å²) >= 11 is 0. The van der Waals surface area contributed by atoms with Gasteiger partial charge in [0.25, 0.3) is 0 Å². The summed E-state index contributed by atoms with van der Waals surface area (Å²) in [5, 5.41) is 0. The zero-order valence-electron chi connectivity index (χ0n) is 14.9. The second kappa shape index (κ2) is 7.91. The Morgan fingerprint density at radius 1 is 1.00 bits per heavy atom. The third kappa shape index (κ3) is 4.14. The summed E-state index contributed by atoms with van der Waals surface area (Å²) in [6.07, 6.45) is 0.793. The highest BCUT2D eigenvalue weighted by Crippen LogP contribution is 2.30. The fraction of sp³-hybridized carbons (Fsp3) is 0.300. The van der Waals surface area contributed by atoms with Crippen molar-refractivity contribution < 1.29 is 23.8 Å². The lowest BCUT2D eigenvalue weighted by Gasteiger charge is -2.13. The standard InChI is InChI=1S/C20H21NO5/c1-21(2)16-6-3-5-15(11-16)20(23)26-13-17(22)14-7-8-18-19(12-14)25-10-4-9-24-18/h3,5-8,11-12H,4,9-10,13H2,1-2H3. The first-order chi connectivity index (χ1) is 12.5. The molecule has 0 N–H and O–H groups in total. The van der Waals surface area contributed by atoms with Gasteiger partial charge in [0, 0.05) is 31.8 Å². The fourth-order valence-corrected chi connectivity index (χ4v) is 2.55. The van der Waals surface area contributed by atoms with Crippen molar-refractivity contribution in [2.75, 3.05) is 38.8 Å². The monoisotopic (exact) mass is 355 g/mol. The number of benzene rings is 2. The van der Waals surface area contributed by atoms with E-state index in [0.717, 1.165) is 12.1 Å². The molecule has 0 spiro atoms. The van der Waals surface area contributed by atoms with Crippen molar-refractivity contribution in [3.05, 3.63) is 53.6 Å². The van der Waals surface area contributed by atoms with Gasteiger partial charge in [0.05, 0.1) is 18.8 Å². The van der Waals surface area contributed by atoms with Gasteiger partial charge < -0.3 is 19.1 Å². The molecule has 0 fully saturated rings. The molecule has 26 heavy (non-hydrogen) atoms. The first kappa shape index (κ1) is 17.8. The molecule has 0 saturated carbocycles. The van der Waals surface area contributed by atoms with Crippen LogP contribution in [0.2, 0.25) is 0 Å². The van der Waals surface area contributed by atoms with Crippen LogP contribution in [0, 0.1) is 0 Å². The number of anilines is 1. The van der Waals surface area contributed by atoms with Crippen molar-refractivity contribution in [2.45, 2.75) is 6.42 Å². The lowest BCUT2D eigenvalue weighted by molar-refractivity contribution is 0.0474. The van der Waals surface area contributed by atoms with E-state index in [1.807, 2.05) is 25.1 Å². The average Bonchev–Trinajstić information content (AvgIpc) is 2.90. The van der Waals surface area contributed by atoms with Crippen LogP contribution in [0.3, 0.4) is 0 Å². The summed E-state index contributed by atoms with van der Waals surface area (Å²) in [6.45, 7) is 0.802. The van der Waals surface area contributed by atoms with E-state index in [9.17, 15) is 9.59 Å². The normalized spacial score (nSPS) is 12.8. The Morgan fingerprint density at radius 3 is 2.54 bits per heavy atom. The van der Waals surface area contributed by atoms with E-state index < -0.39 is 5.97 Å². The number of hydrogen-bond donors (Lipinski definition) is 0. The van der Waals surface area contributed by atoms with Crippen LogP contribution in [0.25, 0.3) is 0 Å². The number of ketones is 1. The highest BCUT2D eigenvalue weighted by Gasteiger charge is 2.16. The summed E-state index contributed by atoms with van der Waals surface area (Å²) in [4.78, 5) is 26.4. The van der Waals surface area contributed by atoms with E-state index in [1.54, 1.807) is 36.4 Å². The first-order valence-electron chi connectivity index (χ1n) is 8.42. The molecule has 2 aromatic rings. The molecular formula is C20H21NO5. The maximum atomic E-state index is 12.3. The van der Waals surface area contributed by atoms with Gasteiger partial charge in [-0.2, -0.15) is 0 Å². The third-order valence-corrected chi connectivity index (χ3v) is 4.00. The lowest BCUT2D eigenvalue weighted by Crippen LogP contribution is -2.15. The maximum Gasteiger partial charge on any atom is 0.338 e. The molecule has 0 aromatic heterocycles. The van der Waals surface area contributed by atoms with Gasteiger partial charge in [-0.3, -0.25) is 4.79 Å². The molecule has 1 heterocycles. The Hall–Kier alpha value is -3.02. The number of esters is 1. The van der Waals surface area contributed by atoms with E-state index in [2.05, 4.69) is 0 Å². The largest absolute Gasteiger partial charge is 0.490 e. The smallest absolute Gasteiger partial charge is 0.338 e. The second-order valence-electron chi connectivity index (χ2n) is 6.16. The predicted molar refractivity (Wildman–Crippen MR) is 97.4 cm³/mol. The van der Waals surface area contributed by atoms with Crippen LogP contribution in [-0.2, 0) is 4.74 Å². The van der Waals surface area contributed by atoms with Crippen LogP contribution in [-0.4, -0.2) is 45.7 Å². The third-order valence-electron chi connectivity index (χ3n) is 4.00. The SMILES string of the molecule is CN(C)c1cccc(C(=O)OCC(=O)c2ccc3c(c2)OCCCO3)c1. The molecule has 0 bridgehead atoms. The lowest BCUT2D eigenvalue weighted by atomic mass is 10.1. The Labute approximate surface area is 152 Å². The minimum atomic E-state index is -0.531. The molecule has 0 aliphatic carbocycles. The van der Waals surface area contributed by atoms with Gasteiger partial charge in [0.15, 0.2) is 23.9 Å². The molecule has 1 aliphatic heterocycles. The molecule has 0 amide bonds. The molecule has 0 saturated heterocycles. The number of rotatable bonds is 5. The molecular weight excluding hydrogens is 334 g/mol. The number of Topliss-reactive ketones (excluding diaryl/α,β-unsaturated/α-hetero) is 1. The van der Waals surface area contributed by atoms with Gasteiger partial charge in [0.2, 0.25) is 0 Å². The van der Waals surface area contributed by atoms with Gasteiger partial charge in [-0.05, 0) is 36.4 Å². The van der Waals surface area contributed by atoms with Crippen molar-refractivity contribution in [2.24, 2.45) is 0 Å². The second-order valence-corrected chi connectivity index (χ2v) is 6.16. The van der Waals surface area contributed by atoms with Crippen LogP contribution < -0.4 is 14.4 Å². The Kier molecular flexibility index (Phi) is 5.41. The minimum absolute atomic E-state index is 0.294. The summed E-state index contributed by atoms with van der Waals surface area (Å²) in [7, 11) is 3.77. The molecule has 1 aliphatic rings. The van der Waals surface area contributed by atoms with Crippen molar-refractivity contribution in [3.8, 4) is 11.5 Å². The number of carbonyl (C=O) groups excluding carboxylic acids is 2. The van der Waals surface area contributed by atoms with Gasteiger partial charge in [-0.1, -0.05) is 6.07 Å². The van der Waals surface area contributed by atoms with Crippen LogP contribution in [0.1, 0.15) is 27.1 Å². The van der Waals surface area contributed by atoms with Crippen molar-refractivity contribution in [1.82, 2.24) is 0 Å². The number of ether oxygens (including phenoxy) is 3. The number of carbonyl (C=O) groups is 2. The van der Waals surface area contributed by atoms with Crippen LogP contribution in [0.5, 0.6) is 11.5 Å². The van der Waals surface area contributed by atoms with Crippen LogP contribution >= 0.6 is 0 Å². The Morgan fingerprint density at radius 2 is 1.77 bits per heavy atom. The van der Waals surface area contributed by atoms with Gasteiger partial charge in [0.1, 0.15) is 0 Å². The zero-order chi connectivity index (χ0) is 18.5. The summed E-state index contributed by atoms with van der Waals surface area (Å²) < 4.78 is 16.3. The van der Waals surface area contributed by atoms with E-state index in [-0.39, 0.29) is 12.4 Å². The molecule has 6 heteroatoms. The van der Waals surface area contributed by atoms with Gasteiger partial charge in [-0.25, -0.2) is 4.79 Å². The molecule has 3 rings (SSSR count). The van der Waals surface area contributed by atoms with E-state index >= 15 is 0 Å². The quantitative estimate of drug-likeness (QED) is 0.607. The number of hydrogen-bond acceptors (Lipinski definition) is 6. The highest BCUT2D eigenvalue weighted by molar-refractivity contribution is 6.00. The van der Waals surface area contributed by atoms with Crippen molar-refractivity contribution in [1.29, 1.82) is 0 Å². The highest BCUT2D eigenvalue weighted by atomic mass is 16.5. The number of nitrogens with zero attached hydrogens (tertiary/aromatic N) is 1. The average molecular weight is 355 g/mol. The maximum absolute atomic E-state index is 12.3. The molecule has 0 unspecified atom stereocenters. The van der Waals surface area contributed by atoms with E-state index in [0.29, 0.717) is 35.8 Å². The minimum Gasteiger partial charge on any atom is -0.490 e. The molecule has 136 valence electrons. The predicted octanol–water partition coefficient (Wildman–Crippen LogP) is 2.95.